The predicted octanol–water partition coefficient (Wildman–Crippen LogP) is 2.06. The molecule has 6 heteroatoms. The molecule has 2 rings (SSSR count). The van der Waals surface area contributed by atoms with E-state index >= 15 is 0 Å². The standard InChI is InChI=1S/C13H14FIN2O2/c1-2-10-13(19)17(6-5-12(18)16-10)11-4-3-8(14)7-9(11)15/h3-4,7,10H,2,5-6H2,1H3,(H,16,18). The second-order valence-corrected chi connectivity index (χ2v) is 5.53. The van der Waals surface area contributed by atoms with Gasteiger partial charge in [0.15, 0.2) is 0 Å². The van der Waals surface area contributed by atoms with Crippen LogP contribution in [0.2, 0.25) is 0 Å². The van der Waals surface area contributed by atoms with Crippen LogP contribution in [0, 0.1) is 9.39 Å². The second-order valence-electron chi connectivity index (χ2n) is 4.36. The van der Waals surface area contributed by atoms with E-state index in [0.717, 1.165) is 0 Å². The second kappa shape index (κ2) is 5.85. The average Bonchev–Trinajstić information content (AvgIpc) is 2.50. The van der Waals surface area contributed by atoms with E-state index in [9.17, 15) is 14.0 Å². The van der Waals surface area contributed by atoms with Crippen LogP contribution in [0.15, 0.2) is 18.2 Å². The summed E-state index contributed by atoms with van der Waals surface area (Å²) in [6.45, 7) is 2.17. The third-order valence-electron chi connectivity index (χ3n) is 3.07. The highest BCUT2D eigenvalue weighted by atomic mass is 127. The van der Waals surface area contributed by atoms with E-state index in [-0.39, 0.29) is 24.1 Å². The maximum absolute atomic E-state index is 13.1. The van der Waals surface area contributed by atoms with Gasteiger partial charge in [0.25, 0.3) is 0 Å². The molecular formula is C13H14FIN2O2. The Morgan fingerprint density at radius 2 is 2.21 bits per heavy atom. The van der Waals surface area contributed by atoms with Gasteiger partial charge < -0.3 is 10.2 Å². The molecule has 19 heavy (non-hydrogen) atoms. The summed E-state index contributed by atoms with van der Waals surface area (Å²) in [5, 5.41) is 2.70. The Morgan fingerprint density at radius 1 is 1.47 bits per heavy atom. The monoisotopic (exact) mass is 376 g/mol. The first-order valence-electron chi connectivity index (χ1n) is 6.08. The Balaban J connectivity index is 2.36. The van der Waals surface area contributed by atoms with Crippen LogP contribution in [-0.4, -0.2) is 24.4 Å². The molecule has 0 spiro atoms. The molecule has 1 aromatic carbocycles. The number of halogens is 2. The minimum atomic E-state index is -0.504. The lowest BCUT2D eigenvalue weighted by Crippen LogP contribution is -2.44. The molecular weight excluding hydrogens is 362 g/mol. The van der Waals surface area contributed by atoms with Crippen molar-refractivity contribution in [3.63, 3.8) is 0 Å². The molecule has 1 aliphatic rings. The fourth-order valence-corrected chi connectivity index (χ4v) is 2.82. The van der Waals surface area contributed by atoms with Gasteiger partial charge in [-0.25, -0.2) is 4.39 Å². The summed E-state index contributed by atoms with van der Waals surface area (Å²) < 4.78 is 13.8. The maximum atomic E-state index is 13.1. The molecule has 1 heterocycles. The predicted molar refractivity (Wildman–Crippen MR) is 78.3 cm³/mol. The van der Waals surface area contributed by atoms with Crippen molar-refractivity contribution >= 4 is 40.1 Å². The highest BCUT2D eigenvalue weighted by Crippen LogP contribution is 2.25. The van der Waals surface area contributed by atoms with Crippen molar-refractivity contribution in [2.45, 2.75) is 25.8 Å². The van der Waals surface area contributed by atoms with Gasteiger partial charge in [0, 0.05) is 16.5 Å². The van der Waals surface area contributed by atoms with E-state index in [0.29, 0.717) is 22.2 Å². The highest BCUT2D eigenvalue weighted by Gasteiger charge is 2.30. The Morgan fingerprint density at radius 3 is 2.84 bits per heavy atom. The van der Waals surface area contributed by atoms with Gasteiger partial charge in [0.2, 0.25) is 11.8 Å². The SMILES string of the molecule is CCC1NC(=O)CCN(c2ccc(F)cc2I)C1=O. The van der Waals surface area contributed by atoms with Crippen molar-refractivity contribution < 1.29 is 14.0 Å². The van der Waals surface area contributed by atoms with Crippen LogP contribution in [-0.2, 0) is 9.59 Å². The summed E-state index contributed by atoms with van der Waals surface area (Å²) in [5.74, 6) is -0.602. The quantitative estimate of drug-likeness (QED) is 0.804. The lowest BCUT2D eigenvalue weighted by atomic mass is 10.2. The van der Waals surface area contributed by atoms with E-state index in [2.05, 4.69) is 5.32 Å². The van der Waals surface area contributed by atoms with Crippen molar-refractivity contribution in [3.8, 4) is 0 Å². The zero-order chi connectivity index (χ0) is 14.0. The number of hydrogen-bond acceptors (Lipinski definition) is 2. The molecule has 1 saturated heterocycles. The largest absolute Gasteiger partial charge is 0.344 e. The molecule has 1 fully saturated rings. The zero-order valence-corrected chi connectivity index (χ0v) is 12.6. The van der Waals surface area contributed by atoms with Gasteiger partial charge >= 0.3 is 0 Å². The molecule has 1 unspecified atom stereocenters. The topological polar surface area (TPSA) is 49.4 Å². The van der Waals surface area contributed by atoms with Crippen LogP contribution in [0.3, 0.4) is 0 Å². The molecule has 102 valence electrons. The first-order chi connectivity index (χ1) is 9.02. The van der Waals surface area contributed by atoms with Crippen molar-refractivity contribution in [2.24, 2.45) is 0 Å². The van der Waals surface area contributed by atoms with Gasteiger partial charge in [-0.2, -0.15) is 0 Å². The Hall–Kier alpha value is -1.18. The number of carbonyl (C=O) groups is 2. The molecule has 4 nitrogen and oxygen atoms in total. The Bertz CT molecular complexity index is 521. The van der Waals surface area contributed by atoms with Crippen molar-refractivity contribution in [1.82, 2.24) is 5.32 Å². The van der Waals surface area contributed by atoms with Gasteiger partial charge in [-0.3, -0.25) is 9.59 Å². The first kappa shape index (κ1) is 14.2. The number of nitrogens with zero attached hydrogens (tertiary/aromatic N) is 1. The molecule has 2 amide bonds. The van der Waals surface area contributed by atoms with Crippen LogP contribution < -0.4 is 10.2 Å². The minimum absolute atomic E-state index is 0.125. The van der Waals surface area contributed by atoms with E-state index in [1.165, 1.54) is 12.1 Å². The summed E-state index contributed by atoms with van der Waals surface area (Å²) >= 11 is 2.00. The third kappa shape index (κ3) is 3.05. The normalized spacial score (nSPS) is 20.2. The van der Waals surface area contributed by atoms with Gasteiger partial charge in [-0.15, -0.1) is 0 Å². The summed E-state index contributed by atoms with van der Waals surface area (Å²) in [6.07, 6.45) is 0.800. The molecule has 0 saturated carbocycles. The number of benzene rings is 1. The molecule has 0 radical (unpaired) electrons. The van der Waals surface area contributed by atoms with Crippen molar-refractivity contribution in [1.29, 1.82) is 0 Å². The number of carbonyl (C=O) groups excluding carboxylic acids is 2. The Labute approximate surface area is 124 Å². The average molecular weight is 376 g/mol. The van der Waals surface area contributed by atoms with Crippen LogP contribution in [0.25, 0.3) is 0 Å². The smallest absolute Gasteiger partial charge is 0.249 e. The number of hydrogen-bond donors (Lipinski definition) is 1. The number of amides is 2. The number of rotatable bonds is 2. The summed E-state index contributed by atoms with van der Waals surface area (Å²) in [6, 6.07) is 3.78. The lowest BCUT2D eigenvalue weighted by Gasteiger charge is -2.24. The van der Waals surface area contributed by atoms with Crippen LogP contribution in [0.4, 0.5) is 10.1 Å². The molecule has 0 aromatic heterocycles. The lowest BCUT2D eigenvalue weighted by molar-refractivity contribution is -0.125. The van der Waals surface area contributed by atoms with Crippen LogP contribution in [0.5, 0.6) is 0 Å². The summed E-state index contributed by atoms with van der Waals surface area (Å²) in [5.41, 5.74) is 0.655. The van der Waals surface area contributed by atoms with E-state index in [1.54, 1.807) is 11.0 Å². The molecule has 1 aliphatic heterocycles. The Kier molecular flexibility index (Phi) is 4.38. The summed E-state index contributed by atoms with van der Waals surface area (Å²) in [4.78, 5) is 25.5. The molecule has 0 aliphatic carbocycles. The minimum Gasteiger partial charge on any atom is -0.344 e. The zero-order valence-electron chi connectivity index (χ0n) is 10.5. The van der Waals surface area contributed by atoms with Crippen molar-refractivity contribution in [3.05, 3.63) is 27.6 Å². The molecule has 0 bridgehead atoms. The molecule has 1 N–H and O–H groups in total. The van der Waals surface area contributed by atoms with Crippen LogP contribution in [0.1, 0.15) is 19.8 Å². The van der Waals surface area contributed by atoms with Gasteiger partial charge in [0.05, 0.1) is 5.69 Å². The first-order valence-corrected chi connectivity index (χ1v) is 7.16. The fraction of sp³-hybridized carbons (Fsp3) is 0.385. The van der Waals surface area contributed by atoms with Crippen LogP contribution >= 0.6 is 22.6 Å². The number of anilines is 1. The van der Waals surface area contributed by atoms with Gasteiger partial charge in [-0.05, 0) is 47.2 Å². The number of nitrogens with one attached hydrogen (secondary N) is 1. The highest BCUT2D eigenvalue weighted by molar-refractivity contribution is 14.1. The fourth-order valence-electron chi connectivity index (χ4n) is 2.06. The third-order valence-corrected chi connectivity index (χ3v) is 3.93. The molecule has 1 atom stereocenters. The van der Waals surface area contributed by atoms with E-state index in [4.69, 9.17) is 0 Å². The van der Waals surface area contributed by atoms with E-state index in [1.807, 2.05) is 29.5 Å². The summed E-state index contributed by atoms with van der Waals surface area (Å²) in [7, 11) is 0. The van der Waals surface area contributed by atoms with Crippen molar-refractivity contribution in [2.75, 3.05) is 11.4 Å². The van der Waals surface area contributed by atoms with Gasteiger partial charge in [0.1, 0.15) is 11.9 Å². The van der Waals surface area contributed by atoms with E-state index < -0.39 is 6.04 Å². The maximum Gasteiger partial charge on any atom is 0.249 e. The molecule has 1 aromatic rings. The van der Waals surface area contributed by atoms with Gasteiger partial charge in [-0.1, -0.05) is 6.92 Å².